The zero-order valence-electron chi connectivity index (χ0n) is 10.8. The summed E-state index contributed by atoms with van der Waals surface area (Å²) in [6.07, 6.45) is 2.34. The monoisotopic (exact) mass is 304 g/mol. The van der Waals surface area contributed by atoms with Crippen molar-refractivity contribution in [2.24, 2.45) is 0 Å². The van der Waals surface area contributed by atoms with Crippen molar-refractivity contribution in [1.82, 2.24) is 0 Å². The Hall–Kier alpha value is -1.50. The van der Waals surface area contributed by atoms with Crippen LogP contribution in [0.1, 0.15) is 31.2 Å². The summed E-state index contributed by atoms with van der Waals surface area (Å²) in [6, 6.07) is 1.86. The summed E-state index contributed by atoms with van der Waals surface area (Å²) in [5, 5.41) is 9.39. The van der Waals surface area contributed by atoms with Crippen LogP contribution in [0.25, 0.3) is 0 Å². The van der Waals surface area contributed by atoms with Crippen LogP contribution in [-0.4, -0.2) is 25.7 Å². The fourth-order valence-electron chi connectivity index (χ4n) is 2.82. The number of carbonyl (C=O) groups is 1. The molecule has 1 aliphatic carbocycles. The molecule has 20 heavy (non-hydrogen) atoms. The first-order chi connectivity index (χ1) is 9.20. The minimum absolute atomic E-state index is 0.216. The van der Waals surface area contributed by atoms with Gasteiger partial charge < -0.3 is 5.11 Å². The third-order valence-corrected chi connectivity index (χ3v) is 4.92. The van der Waals surface area contributed by atoms with E-state index in [2.05, 4.69) is 0 Å². The van der Waals surface area contributed by atoms with Crippen LogP contribution in [0, 0.1) is 11.6 Å². The van der Waals surface area contributed by atoms with E-state index in [1.807, 2.05) is 0 Å². The Morgan fingerprint density at radius 3 is 2.25 bits per heavy atom. The van der Waals surface area contributed by atoms with E-state index in [1.165, 1.54) is 0 Å². The Balaban J connectivity index is 2.74. The van der Waals surface area contributed by atoms with Crippen molar-refractivity contribution in [3.63, 3.8) is 0 Å². The molecule has 0 unspecified atom stereocenters. The highest BCUT2D eigenvalue weighted by molar-refractivity contribution is 7.90. The summed E-state index contributed by atoms with van der Waals surface area (Å²) in [4.78, 5) is 10.5. The summed E-state index contributed by atoms with van der Waals surface area (Å²) in [6.45, 7) is 0. The molecule has 0 aromatic heterocycles. The molecule has 1 aromatic rings. The topological polar surface area (TPSA) is 71.4 Å². The average molecular weight is 304 g/mol. The van der Waals surface area contributed by atoms with Crippen LogP contribution < -0.4 is 0 Å². The number of hydrogen-bond donors (Lipinski definition) is 1. The molecule has 4 nitrogen and oxygen atoms in total. The van der Waals surface area contributed by atoms with Crippen LogP contribution in [0.4, 0.5) is 8.78 Å². The van der Waals surface area contributed by atoms with E-state index in [-0.39, 0.29) is 18.4 Å². The van der Waals surface area contributed by atoms with Gasteiger partial charge in [-0.25, -0.2) is 17.2 Å². The van der Waals surface area contributed by atoms with Crippen molar-refractivity contribution in [3.05, 3.63) is 29.3 Å². The Kier molecular flexibility index (Phi) is 3.58. The van der Waals surface area contributed by atoms with E-state index in [0.29, 0.717) is 19.1 Å². The lowest BCUT2D eigenvalue weighted by Crippen LogP contribution is -2.34. The van der Waals surface area contributed by atoms with Crippen LogP contribution in [0.5, 0.6) is 0 Å². The second-order valence-corrected chi connectivity index (χ2v) is 7.06. The fourth-order valence-corrected chi connectivity index (χ4v) is 3.68. The van der Waals surface area contributed by atoms with Crippen molar-refractivity contribution in [2.45, 2.75) is 36.0 Å². The standard InChI is InChI=1S/C13H14F2O4S/c1-20(18,19)11-9(14)5-4-8(10(11)15)13(12(16)17)6-2-3-7-13/h4-5H,2-3,6-7H2,1H3,(H,16,17). The molecule has 110 valence electrons. The first kappa shape index (κ1) is 14.9. The number of sulfone groups is 1. The highest BCUT2D eigenvalue weighted by Gasteiger charge is 2.46. The quantitative estimate of drug-likeness (QED) is 0.930. The second kappa shape index (κ2) is 4.80. The molecule has 0 saturated heterocycles. The molecule has 0 radical (unpaired) electrons. The number of aliphatic carboxylic acids is 1. The van der Waals surface area contributed by atoms with Crippen LogP contribution in [0.3, 0.4) is 0 Å². The van der Waals surface area contributed by atoms with E-state index >= 15 is 0 Å². The van der Waals surface area contributed by atoms with Gasteiger partial charge in [0.05, 0.1) is 5.41 Å². The maximum atomic E-state index is 14.4. The average Bonchev–Trinajstić information content (AvgIpc) is 2.77. The molecule has 7 heteroatoms. The van der Waals surface area contributed by atoms with Gasteiger partial charge in [-0.2, -0.15) is 0 Å². The number of carboxylic acids is 1. The van der Waals surface area contributed by atoms with Crippen LogP contribution in [0.15, 0.2) is 17.0 Å². The van der Waals surface area contributed by atoms with E-state index in [0.717, 1.165) is 12.1 Å². The number of rotatable bonds is 3. The van der Waals surface area contributed by atoms with Crippen LogP contribution >= 0.6 is 0 Å². The maximum Gasteiger partial charge on any atom is 0.314 e. The van der Waals surface area contributed by atoms with Gasteiger partial charge >= 0.3 is 5.97 Å². The molecule has 1 fully saturated rings. The van der Waals surface area contributed by atoms with Gasteiger partial charge in [0, 0.05) is 11.8 Å². The highest BCUT2D eigenvalue weighted by atomic mass is 32.2. The van der Waals surface area contributed by atoms with Crippen LogP contribution in [-0.2, 0) is 20.0 Å². The molecule has 1 saturated carbocycles. The third kappa shape index (κ3) is 2.19. The summed E-state index contributed by atoms with van der Waals surface area (Å²) in [7, 11) is -4.11. The second-order valence-electron chi connectivity index (χ2n) is 5.10. The Morgan fingerprint density at radius 2 is 1.80 bits per heavy atom. The molecular formula is C13H14F2O4S. The van der Waals surface area contributed by atoms with Gasteiger partial charge in [0.15, 0.2) is 9.84 Å². The molecule has 0 heterocycles. The normalized spacial score (nSPS) is 18.1. The maximum absolute atomic E-state index is 14.4. The first-order valence-electron chi connectivity index (χ1n) is 6.12. The first-order valence-corrected chi connectivity index (χ1v) is 8.01. The molecule has 0 amide bonds. The van der Waals surface area contributed by atoms with Crippen molar-refractivity contribution in [3.8, 4) is 0 Å². The SMILES string of the molecule is CS(=O)(=O)c1c(F)ccc(C2(C(=O)O)CCCC2)c1F. The van der Waals surface area contributed by atoms with Gasteiger partial charge in [-0.05, 0) is 18.9 Å². The van der Waals surface area contributed by atoms with E-state index in [1.54, 1.807) is 0 Å². The molecule has 0 spiro atoms. The molecule has 0 bridgehead atoms. The Morgan fingerprint density at radius 1 is 1.25 bits per heavy atom. The summed E-state index contributed by atoms with van der Waals surface area (Å²) in [5.41, 5.74) is -1.71. The minimum Gasteiger partial charge on any atom is -0.481 e. The van der Waals surface area contributed by atoms with Gasteiger partial charge in [0.2, 0.25) is 0 Å². The molecule has 2 rings (SSSR count). The van der Waals surface area contributed by atoms with Crippen molar-refractivity contribution < 1.29 is 27.1 Å². The molecular weight excluding hydrogens is 290 g/mol. The zero-order chi connectivity index (χ0) is 15.1. The fraction of sp³-hybridized carbons (Fsp3) is 0.462. The van der Waals surface area contributed by atoms with Crippen molar-refractivity contribution in [1.29, 1.82) is 0 Å². The summed E-state index contributed by atoms with van der Waals surface area (Å²) < 4.78 is 51.0. The lowest BCUT2D eigenvalue weighted by molar-refractivity contribution is -0.143. The largest absolute Gasteiger partial charge is 0.481 e. The Bertz CT molecular complexity index is 661. The van der Waals surface area contributed by atoms with E-state index in [4.69, 9.17) is 0 Å². The van der Waals surface area contributed by atoms with E-state index in [9.17, 15) is 27.1 Å². The van der Waals surface area contributed by atoms with Gasteiger partial charge in [0.1, 0.15) is 16.5 Å². The van der Waals surface area contributed by atoms with Gasteiger partial charge in [-0.15, -0.1) is 0 Å². The van der Waals surface area contributed by atoms with E-state index < -0.39 is 37.8 Å². The summed E-state index contributed by atoms with van der Waals surface area (Å²) in [5.74, 6) is -3.69. The summed E-state index contributed by atoms with van der Waals surface area (Å²) >= 11 is 0. The minimum atomic E-state index is -4.11. The smallest absolute Gasteiger partial charge is 0.314 e. The zero-order valence-corrected chi connectivity index (χ0v) is 11.6. The number of benzene rings is 1. The highest BCUT2D eigenvalue weighted by Crippen LogP contribution is 2.43. The number of hydrogen-bond acceptors (Lipinski definition) is 3. The molecule has 0 atom stereocenters. The van der Waals surface area contributed by atoms with Gasteiger partial charge in [-0.1, -0.05) is 18.9 Å². The molecule has 1 aliphatic rings. The number of halogens is 2. The lowest BCUT2D eigenvalue weighted by atomic mass is 9.78. The lowest BCUT2D eigenvalue weighted by Gasteiger charge is -2.25. The van der Waals surface area contributed by atoms with Crippen molar-refractivity contribution >= 4 is 15.8 Å². The predicted molar refractivity (Wildman–Crippen MR) is 67.2 cm³/mol. The van der Waals surface area contributed by atoms with Crippen molar-refractivity contribution in [2.75, 3.05) is 6.26 Å². The number of carboxylic acid groups (broad SMARTS) is 1. The predicted octanol–water partition coefficient (Wildman–Crippen LogP) is 2.26. The van der Waals surface area contributed by atoms with Gasteiger partial charge in [-0.3, -0.25) is 4.79 Å². The molecule has 0 aliphatic heterocycles. The molecule has 1 N–H and O–H groups in total. The Labute approximate surface area is 115 Å². The third-order valence-electron chi connectivity index (χ3n) is 3.80. The van der Waals surface area contributed by atoms with Crippen LogP contribution in [0.2, 0.25) is 0 Å². The van der Waals surface area contributed by atoms with Gasteiger partial charge in [0.25, 0.3) is 0 Å². The molecule has 1 aromatic carbocycles.